The van der Waals surface area contributed by atoms with E-state index in [-0.39, 0.29) is 6.61 Å². The van der Waals surface area contributed by atoms with Gasteiger partial charge in [-0.05, 0) is 72.9 Å². The molecule has 0 saturated heterocycles. The summed E-state index contributed by atoms with van der Waals surface area (Å²) in [5, 5.41) is 5.27. The number of hydrogen-bond donors (Lipinski definition) is 2. The summed E-state index contributed by atoms with van der Waals surface area (Å²) in [6.07, 6.45) is 2.74. The molecule has 0 atom stereocenters. The fourth-order valence-corrected chi connectivity index (χ4v) is 3.03. The van der Waals surface area contributed by atoms with Gasteiger partial charge in [-0.2, -0.15) is 8.42 Å². The summed E-state index contributed by atoms with van der Waals surface area (Å²) in [5.74, 6) is 0.501. The van der Waals surface area contributed by atoms with Gasteiger partial charge in [-0.3, -0.25) is 14.8 Å². The molecule has 34 heavy (non-hydrogen) atoms. The second-order valence-corrected chi connectivity index (χ2v) is 11.4. The fraction of sp³-hybridized carbons (Fsp3) is 0.652. The van der Waals surface area contributed by atoms with Crippen molar-refractivity contribution in [2.45, 2.75) is 78.4 Å². The molecule has 0 bridgehead atoms. The normalized spacial score (nSPS) is 12.1. The molecule has 1 aromatic carbocycles. The fourth-order valence-electron chi connectivity index (χ4n) is 2.61. The predicted molar refractivity (Wildman–Crippen MR) is 131 cm³/mol. The predicted octanol–water partition coefficient (Wildman–Crippen LogP) is 5.30. The van der Waals surface area contributed by atoms with Crippen molar-refractivity contribution in [2.75, 3.05) is 30.1 Å². The average Bonchev–Trinajstić information content (AvgIpc) is 2.61. The molecule has 194 valence electrons. The number of carbonyl (C=O) groups is 2. The lowest BCUT2D eigenvalue weighted by Crippen LogP contribution is -2.29. The molecule has 0 heterocycles. The van der Waals surface area contributed by atoms with E-state index in [0.29, 0.717) is 30.2 Å². The first-order chi connectivity index (χ1) is 15.5. The van der Waals surface area contributed by atoms with Gasteiger partial charge in [0, 0.05) is 6.07 Å². The second kappa shape index (κ2) is 12.8. The highest BCUT2D eigenvalue weighted by molar-refractivity contribution is 7.85. The Morgan fingerprint density at radius 3 is 1.79 bits per heavy atom. The molecule has 11 heteroatoms. The Morgan fingerprint density at radius 1 is 0.794 bits per heavy atom. The van der Waals surface area contributed by atoms with E-state index < -0.39 is 33.5 Å². The molecule has 0 radical (unpaired) electrons. The third-order valence-corrected chi connectivity index (χ3v) is 4.46. The number of rotatable bonds is 11. The van der Waals surface area contributed by atoms with E-state index >= 15 is 0 Å². The number of unbranched alkanes of at least 4 members (excludes halogenated alkanes) is 3. The first-order valence-corrected chi connectivity index (χ1v) is 13.0. The van der Waals surface area contributed by atoms with Crippen molar-refractivity contribution in [1.82, 2.24) is 0 Å². The monoisotopic (exact) mass is 502 g/mol. The standard InChI is InChI=1S/C23H38N2O8S/c1-22(2,3)32-20(26)24-18-13-12-17(16-19(18)25-21(27)33-23(4,5)6)30-14-10-8-9-11-15-31-34(7,28)29/h12-13,16H,8-11,14-15H2,1-7H3,(H,24,26)(H,25,27). The molecular weight excluding hydrogens is 464 g/mol. The lowest BCUT2D eigenvalue weighted by molar-refractivity contribution is 0.0620. The highest BCUT2D eigenvalue weighted by Crippen LogP contribution is 2.29. The lowest BCUT2D eigenvalue weighted by atomic mass is 10.2. The molecule has 0 spiro atoms. The van der Waals surface area contributed by atoms with Crippen LogP contribution < -0.4 is 15.4 Å². The summed E-state index contributed by atoms with van der Waals surface area (Å²) >= 11 is 0. The smallest absolute Gasteiger partial charge is 0.412 e. The Kier molecular flexibility index (Phi) is 11.1. The van der Waals surface area contributed by atoms with Gasteiger partial charge in [-0.15, -0.1) is 0 Å². The topological polar surface area (TPSA) is 129 Å². The van der Waals surface area contributed by atoms with Gasteiger partial charge in [-0.1, -0.05) is 6.42 Å². The largest absolute Gasteiger partial charge is 0.494 e. The van der Waals surface area contributed by atoms with Crippen LogP contribution in [0.5, 0.6) is 5.75 Å². The maximum absolute atomic E-state index is 12.3. The molecule has 0 fully saturated rings. The minimum Gasteiger partial charge on any atom is -0.494 e. The summed E-state index contributed by atoms with van der Waals surface area (Å²) in [6.45, 7) is 11.1. The summed E-state index contributed by atoms with van der Waals surface area (Å²) in [6, 6.07) is 4.87. The summed E-state index contributed by atoms with van der Waals surface area (Å²) < 4.78 is 42.9. The van der Waals surface area contributed by atoms with Crippen molar-refractivity contribution < 1.29 is 36.4 Å². The molecule has 2 amide bonds. The zero-order valence-electron chi connectivity index (χ0n) is 21.1. The third-order valence-electron chi connectivity index (χ3n) is 3.87. The van der Waals surface area contributed by atoms with Crippen LogP contribution in [0, 0.1) is 0 Å². The van der Waals surface area contributed by atoms with E-state index in [2.05, 4.69) is 10.6 Å². The van der Waals surface area contributed by atoms with Crippen LogP contribution in [0.15, 0.2) is 18.2 Å². The number of carbonyl (C=O) groups excluding carboxylic acids is 2. The first kappa shape index (κ1) is 29.5. The Labute approximate surface area is 202 Å². The number of amides is 2. The average molecular weight is 503 g/mol. The SMILES string of the molecule is CC(C)(C)OC(=O)Nc1ccc(OCCCCCCOS(C)(=O)=O)cc1NC(=O)OC(C)(C)C. The summed E-state index contributed by atoms with van der Waals surface area (Å²) in [4.78, 5) is 24.5. The van der Waals surface area contributed by atoms with Gasteiger partial charge in [0.2, 0.25) is 0 Å². The van der Waals surface area contributed by atoms with Crippen LogP contribution in [-0.2, 0) is 23.8 Å². The Hall–Kier alpha value is -2.53. The number of nitrogens with one attached hydrogen (secondary N) is 2. The zero-order chi connectivity index (χ0) is 26.0. The van der Waals surface area contributed by atoms with E-state index in [0.717, 1.165) is 25.5 Å². The van der Waals surface area contributed by atoms with Crippen molar-refractivity contribution in [2.24, 2.45) is 0 Å². The Balaban J connectivity index is 2.71. The van der Waals surface area contributed by atoms with Gasteiger partial charge in [-0.25, -0.2) is 9.59 Å². The molecule has 1 rings (SSSR count). The molecular formula is C23H38N2O8S. The molecule has 10 nitrogen and oxygen atoms in total. The third kappa shape index (κ3) is 14.6. The molecule has 0 aliphatic rings. The lowest BCUT2D eigenvalue weighted by Gasteiger charge is -2.22. The number of ether oxygens (including phenoxy) is 3. The molecule has 0 aromatic heterocycles. The van der Waals surface area contributed by atoms with Crippen molar-refractivity contribution in [3.8, 4) is 5.75 Å². The zero-order valence-corrected chi connectivity index (χ0v) is 22.0. The molecule has 2 N–H and O–H groups in total. The first-order valence-electron chi connectivity index (χ1n) is 11.2. The van der Waals surface area contributed by atoms with Crippen LogP contribution in [0.2, 0.25) is 0 Å². The highest BCUT2D eigenvalue weighted by Gasteiger charge is 2.20. The van der Waals surface area contributed by atoms with Crippen LogP contribution in [0.4, 0.5) is 21.0 Å². The molecule has 0 saturated carbocycles. The van der Waals surface area contributed by atoms with Crippen molar-refractivity contribution in [3.05, 3.63) is 18.2 Å². The van der Waals surface area contributed by atoms with Crippen LogP contribution >= 0.6 is 0 Å². The van der Waals surface area contributed by atoms with E-state index in [4.69, 9.17) is 18.4 Å². The van der Waals surface area contributed by atoms with Crippen molar-refractivity contribution >= 4 is 33.7 Å². The van der Waals surface area contributed by atoms with E-state index in [9.17, 15) is 18.0 Å². The Morgan fingerprint density at radius 2 is 1.29 bits per heavy atom. The number of benzene rings is 1. The maximum Gasteiger partial charge on any atom is 0.412 e. The minimum atomic E-state index is -3.40. The summed E-state index contributed by atoms with van der Waals surface area (Å²) in [7, 11) is -3.40. The molecule has 0 aliphatic heterocycles. The van der Waals surface area contributed by atoms with Gasteiger partial charge >= 0.3 is 12.2 Å². The minimum absolute atomic E-state index is 0.172. The van der Waals surface area contributed by atoms with Gasteiger partial charge in [0.25, 0.3) is 10.1 Å². The number of hydrogen-bond acceptors (Lipinski definition) is 8. The number of anilines is 2. The highest BCUT2D eigenvalue weighted by atomic mass is 32.2. The second-order valence-electron chi connectivity index (χ2n) is 9.75. The molecule has 1 aromatic rings. The van der Waals surface area contributed by atoms with Crippen LogP contribution in [0.3, 0.4) is 0 Å². The van der Waals surface area contributed by atoms with Gasteiger partial charge in [0.15, 0.2) is 0 Å². The van der Waals surface area contributed by atoms with Crippen LogP contribution in [0.1, 0.15) is 67.2 Å². The quantitative estimate of drug-likeness (QED) is 0.308. The van der Waals surface area contributed by atoms with E-state index in [1.165, 1.54) is 0 Å². The van der Waals surface area contributed by atoms with Gasteiger partial charge in [0.1, 0.15) is 17.0 Å². The van der Waals surface area contributed by atoms with E-state index in [1.54, 1.807) is 59.7 Å². The van der Waals surface area contributed by atoms with Crippen molar-refractivity contribution in [3.63, 3.8) is 0 Å². The summed E-state index contributed by atoms with van der Waals surface area (Å²) in [5.41, 5.74) is -0.736. The Bertz CT molecular complexity index is 918. The van der Waals surface area contributed by atoms with Crippen LogP contribution in [0.25, 0.3) is 0 Å². The van der Waals surface area contributed by atoms with Gasteiger partial charge < -0.3 is 14.2 Å². The molecule has 0 aliphatic carbocycles. The maximum atomic E-state index is 12.3. The van der Waals surface area contributed by atoms with Crippen molar-refractivity contribution in [1.29, 1.82) is 0 Å². The van der Waals surface area contributed by atoms with E-state index in [1.807, 2.05) is 0 Å². The van der Waals surface area contributed by atoms with Gasteiger partial charge in [0.05, 0.1) is 30.8 Å². The molecule has 0 unspecified atom stereocenters. The van der Waals surface area contributed by atoms with Crippen LogP contribution in [-0.4, -0.2) is 51.3 Å².